The summed E-state index contributed by atoms with van der Waals surface area (Å²) in [5, 5.41) is 9.89. The molecule has 0 saturated carbocycles. The van der Waals surface area contributed by atoms with Gasteiger partial charge in [-0.25, -0.2) is 4.79 Å². The molecule has 0 aliphatic carbocycles. The number of carbonyl (C=O) groups excluding carboxylic acids is 1. The maximum atomic E-state index is 12.4. The normalized spacial score (nSPS) is 14.1. The number of esters is 1. The molecule has 0 saturated heterocycles. The first-order valence-corrected chi connectivity index (χ1v) is 12.9. The van der Waals surface area contributed by atoms with Crippen molar-refractivity contribution < 1.29 is 28.5 Å². The summed E-state index contributed by atoms with van der Waals surface area (Å²) in [5.41, 5.74) is 7.91. The standard InChI is InChI=1S/C29H27BrN2O6/c1-3-13-35-24-12-5-18(14-26(24)34-4-2)28-22-11-10-21(15-25(22)38-29(32)23(28)16-31)37-27(33)17-36-20-8-6-19(30)7-9-20/h5-12,14-15,28H,3-4,13,17,32H2,1-2H3. The van der Waals surface area contributed by atoms with Gasteiger partial charge >= 0.3 is 5.97 Å². The summed E-state index contributed by atoms with van der Waals surface area (Å²) in [6, 6.07) is 19.8. The molecule has 0 radical (unpaired) electrons. The molecule has 9 heteroatoms. The van der Waals surface area contributed by atoms with Crippen LogP contribution >= 0.6 is 15.9 Å². The van der Waals surface area contributed by atoms with Crippen LogP contribution in [0.3, 0.4) is 0 Å². The monoisotopic (exact) mass is 578 g/mol. The molecule has 196 valence electrons. The zero-order valence-electron chi connectivity index (χ0n) is 21.0. The van der Waals surface area contributed by atoms with Crippen LogP contribution in [0, 0.1) is 11.3 Å². The lowest BCUT2D eigenvalue weighted by atomic mass is 9.83. The van der Waals surface area contributed by atoms with E-state index in [0.29, 0.717) is 41.8 Å². The van der Waals surface area contributed by atoms with E-state index in [2.05, 4.69) is 22.0 Å². The van der Waals surface area contributed by atoms with E-state index >= 15 is 0 Å². The fourth-order valence-corrected chi connectivity index (χ4v) is 4.24. The predicted molar refractivity (Wildman–Crippen MR) is 144 cm³/mol. The van der Waals surface area contributed by atoms with Crippen molar-refractivity contribution in [2.24, 2.45) is 5.73 Å². The zero-order chi connectivity index (χ0) is 27.1. The molecule has 0 fully saturated rings. The summed E-state index contributed by atoms with van der Waals surface area (Å²) in [6.45, 7) is 4.67. The summed E-state index contributed by atoms with van der Waals surface area (Å²) in [5.74, 6) is 1.30. The van der Waals surface area contributed by atoms with E-state index in [1.165, 1.54) is 0 Å². The molecule has 2 N–H and O–H groups in total. The number of hydrogen-bond donors (Lipinski definition) is 1. The number of rotatable bonds is 10. The van der Waals surface area contributed by atoms with Gasteiger partial charge in [-0.05, 0) is 61.4 Å². The van der Waals surface area contributed by atoms with E-state index in [1.807, 2.05) is 44.2 Å². The van der Waals surface area contributed by atoms with Crippen molar-refractivity contribution in [2.45, 2.75) is 26.2 Å². The van der Waals surface area contributed by atoms with Crippen LogP contribution in [0.2, 0.25) is 0 Å². The van der Waals surface area contributed by atoms with E-state index in [0.717, 1.165) is 16.5 Å². The maximum absolute atomic E-state index is 12.4. The first-order valence-electron chi connectivity index (χ1n) is 12.1. The minimum atomic E-state index is -0.578. The lowest BCUT2D eigenvalue weighted by Crippen LogP contribution is -2.22. The molecular weight excluding hydrogens is 552 g/mol. The first-order chi connectivity index (χ1) is 18.4. The van der Waals surface area contributed by atoms with Crippen molar-refractivity contribution in [3.8, 4) is 34.8 Å². The molecule has 0 bridgehead atoms. The number of nitriles is 1. The number of benzene rings is 3. The van der Waals surface area contributed by atoms with Gasteiger partial charge < -0.3 is 29.4 Å². The molecule has 1 aliphatic heterocycles. The van der Waals surface area contributed by atoms with Gasteiger partial charge in [0.15, 0.2) is 18.1 Å². The Balaban J connectivity index is 1.58. The third-order valence-corrected chi connectivity index (χ3v) is 6.18. The van der Waals surface area contributed by atoms with Gasteiger partial charge in [-0.2, -0.15) is 5.26 Å². The summed E-state index contributed by atoms with van der Waals surface area (Å²) < 4.78 is 29.2. The van der Waals surface area contributed by atoms with Gasteiger partial charge in [0.1, 0.15) is 28.9 Å². The summed E-state index contributed by atoms with van der Waals surface area (Å²) in [6.07, 6.45) is 0.863. The smallest absolute Gasteiger partial charge is 0.349 e. The summed E-state index contributed by atoms with van der Waals surface area (Å²) in [4.78, 5) is 12.4. The fourth-order valence-electron chi connectivity index (χ4n) is 3.98. The largest absolute Gasteiger partial charge is 0.490 e. The van der Waals surface area contributed by atoms with Crippen LogP contribution in [0.4, 0.5) is 0 Å². The van der Waals surface area contributed by atoms with Gasteiger partial charge in [0.25, 0.3) is 0 Å². The summed E-state index contributed by atoms with van der Waals surface area (Å²) in [7, 11) is 0. The highest BCUT2D eigenvalue weighted by Crippen LogP contribution is 2.45. The number of fused-ring (bicyclic) bond motifs is 1. The van der Waals surface area contributed by atoms with Crippen LogP contribution in [0.25, 0.3) is 0 Å². The van der Waals surface area contributed by atoms with Crippen molar-refractivity contribution in [1.29, 1.82) is 5.26 Å². The highest BCUT2D eigenvalue weighted by atomic mass is 79.9. The third-order valence-electron chi connectivity index (χ3n) is 5.66. The topological polar surface area (TPSA) is 113 Å². The highest BCUT2D eigenvalue weighted by molar-refractivity contribution is 9.10. The van der Waals surface area contributed by atoms with Crippen molar-refractivity contribution in [2.75, 3.05) is 19.8 Å². The van der Waals surface area contributed by atoms with Gasteiger partial charge in [0.2, 0.25) is 5.88 Å². The molecule has 1 unspecified atom stereocenters. The second-order valence-electron chi connectivity index (χ2n) is 8.33. The maximum Gasteiger partial charge on any atom is 0.349 e. The Morgan fingerprint density at radius 2 is 1.76 bits per heavy atom. The molecule has 4 rings (SSSR count). The molecule has 8 nitrogen and oxygen atoms in total. The second kappa shape index (κ2) is 12.4. The number of hydrogen-bond acceptors (Lipinski definition) is 8. The van der Waals surface area contributed by atoms with E-state index in [-0.39, 0.29) is 23.8 Å². The fraction of sp³-hybridized carbons (Fsp3) is 0.241. The quantitative estimate of drug-likeness (QED) is 0.236. The Bertz CT molecular complexity index is 1380. The molecule has 0 spiro atoms. The van der Waals surface area contributed by atoms with Gasteiger partial charge in [0, 0.05) is 16.1 Å². The van der Waals surface area contributed by atoms with E-state index in [9.17, 15) is 10.1 Å². The molecule has 3 aromatic rings. The Labute approximate surface area is 229 Å². The lowest BCUT2D eigenvalue weighted by Gasteiger charge is -2.27. The molecule has 1 atom stereocenters. The number of halogens is 1. The second-order valence-corrected chi connectivity index (χ2v) is 9.24. The van der Waals surface area contributed by atoms with Gasteiger partial charge in [-0.1, -0.05) is 35.0 Å². The van der Waals surface area contributed by atoms with Crippen LogP contribution in [0.5, 0.6) is 28.7 Å². The molecule has 1 aliphatic rings. The lowest BCUT2D eigenvalue weighted by molar-refractivity contribution is -0.136. The molecule has 38 heavy (non-hydrogen) atoms. The minimum Gasteiger partial charge on any atom is -0.490 e. The van der Waals surface area contributed by atoms with E-state index < -0.39 is 11.9 Å². The van der Waals surface area contributed by atoms with Crippen molar-refractivity contribution in [1.82, 2.24) is 0 Å². The van der Waals surface area contributed by atoms with Gasteiger partial charge in [-0.15, -0.1) is 0 Å². The van der Waals surface area contributed by atoms with Crippen LogP contribution in [0.1, 0.15) is 37.3 Å². The first kappa shape index (κ1) is 26.9. The molecule has 1 heterocycles. The van der Waals surface area contributed by atoms with Crippen LogP contribution < -0.4 is 29.4 Å². The van der Waals surface area contributed by atoms with E-state index in [4.69, 9.17) is 29.4 Å². The van der Waals surface area contributed by atoms with Crippen molar-refractivity contribution in [3.05, 3.63) is 87.7 Å². The molecule has 0 amide bonds. The average Bonchev–Trinajstić information content (AvgIpc) is 2.91. The van der Waals surface area contributed by atoms with Gasteiger partial charge in [0.05, 0.1) is 19.1 Å². The van der Waals surface area contributed by atoms with Crippen molar-refractivity contribution in [3.63, 3.8) is 0 Å². The zero-order valence-corrected chi connectivity index (χ0v) is 22.6. The Hall–Kier alpha value is -4.16. The SMILES string of the molecule is CCCOc1ccc(C2C(C#N)=C(N)Oc3cc(OC(=O)COc4ccc(Br)cc4)ccc32)cc1OCC. The Kier molecular flexibility index (Phi) is 8.77. The predicted octanol–water partition coefficient (Wildman–Crippen LogP) is 5.84. The minimum absolute atomic E-state index is 0.0173. The Morgan fingerprint density at radius 1 is 1.00 bits per heavy atom. The Morgan fingerprint density at radius 3 is 2.47 bits per heavy atom. The van der Waals surface area contributed by atoms with Crippen LogP contribution in [-0.4, -0.2) is 25.8 Å². The molecular formula is C29H27BrN2O6. The average molecular weight is 579 g/mol. The van der Waals surface area contributed by atoms with Gasteiger partial charge in [-0.3, -0.25) is 0 Å². The number of allylic oxidation sites excluding steroid dienone is 1. The van der Waals surface area contributed by atoms with Crippen molar-refractivity contribution >= 4 is 21.9 Å². The molecule has 3 aromatic carbocycles. The summed E-state index contributed by atoms with van der Waals surface area (Å²) >= 11 is 3.35. The molecule has 0 aromatic heterocycles. The van der Waals surface area contributed by atoms with E-state index in [1.54, 1.807) is 30.3 Å². The number of carbonyl (C=O) groups is 1. The highest BCUT2D eigenvalue weighted by Gasteiger charge is 2.32. The number of nitrogens with zero attached hydrogens (tertiary/aromatic N) is 1. The van der Waals surface area contributed by atoms with Crippen LogP contribution in [-0.2, 0) is 4.79 Å². The third kappa shape index (κ3) is 6.21. The van der Waals surface area contributed by atoms with Crippen LogP contribution in [0.15, 0.2) is 76.6 Å². The number of ether oxygens (including phenoxy) is 5. The number of nitrogens with two attached hydrogens (primary N) is 1.